The molecule has 4 N–H and O–H groups in total. The lowest BCUT2D eigenvalue weighted by atomic mass is 9.89. The molecule has 3 heterocycles. The fourth-order valence-electron chi connectivity index (χ4n) is 5.17. The smallest absolute Gasteiger partial charge is 0.275 e. The van der Waals surface area contributed by atoms with E-state index in [0.717, 1.165) is 12.2 Å². The van der Waals surface area contributed by atoms with E-state index in [0.29, 0.717) is 19.3 Å². The minimum Gasteiger partial charge on any atom is -0.390 e. The van der Waals surface area contributed by atoms with Crippen LogP contribution in [0.1, 0.15) is 42.6 Å². The lowest BCUT2D eigenvalue weighted by Crippen LogP contribution is -2.45. The molecule has 0 radical (unpaired) electrons. The summed E-state index contributed by atoms with van der Waals surface area (Å²) in [5.74, 6) is -2.53. The molecule has 182 valence electrons. The first-order chi connectivity index (χ1) is 16.3. The highest BCUT2D eigenvalue weighted by molar-refractivity contribution is 6.07. The van der Waals surface area contributed by atoms with Crippen molar-refractivity contribution in [3.63, 3.8) is 0 Å². The molecule has 2 fully saturated rings. The molecule has 2 aromatic rings. The number of hydrogen-bond acceptors (Lipinski definition) is 7. The summed E-state index contributed by atoms with van der Waals surface area (Å²) >= 11 is 0. The molecule has 0 spiro atoms. The van der Waals surface area contributed by atoms with Gasteiger partial charge in [-0.05, 0) is 31.4 Å². The average molecular weight is 478 g/mol. The number of H-pyrrole nitrogens is 1. The number of nitrogens with zero attached hydrogens (tertiary/aromatic N) is 4. The third-order valence-electron chi connectivity index (χ3n) is 6.91. The number of alkyl halides is 1. The molecular formula is C22H25F3N6O3. The summed E-state index contributed by atoms with van der Waals surface area (Å²) in [5, 5.41) is 30.4. The van der Waals surface area contributed by atoms with Gasteiger partial charge in [0.2, 0.25) is 0 Å². The Labute approximate surface area is 192 Å². The number of amides is 1. The zero-order chi connectivity index (χ0) is 24.0. The van der Waals surface area contributed by atoms with Crippen LogP contribution in [0.2, 0.25) is 0 Å². The SMILES string of the molecule is O=C(c1n[nH]c2ncnc(N[C@@H]3CCC[C@@H](O)[C@H]3O)c12)N1C[C@@H](F)C[C@@H]1C1CC(F)=CC=C1F. The highest BCUT2D eigenvalue weighted by atomic mass is 19.1. The molecule has 1 aliphatic heterocycles. The molecule has 6 atom stereocenters. The number of likely N-dealkylation sites (tertiary alicyclic amines) is 1. The van der Waals surface area contributed by atoms with E-state index >= 15 is 0 Å². The van der Waals surface area contributed by atoms with E-state index in [-0.39, 0.29) is 41.9 Å². The molecule has 1 saturated carbocycles. The maximum atomic E-state index is 14.5. The van der Waals surface area contributed by atoms with Crippen LogP contribution in [0, 0.1) is 5.92 Å². The number of carbonyl (C=O) groups excluding carboxylic acids is 1. The summed E-state index contributed by atoms with van der Waals surface area (Å²) in [6, 6.07) is -1.38. The van der Waals surface area contributed by atoms with Crippen molar-refractivity contribution in [2.24, 2.45) is 5.92 Å². The van der Waals surface area contributed by atoms with Crippen LogP contribution >= 0.6 is 0 Å². The Morgan fingerprint density at radius 3 is 2.85 bits per heavy atom. The first-order valence-corrected chi connectivity index (χ1v) is 11.3. The molecular weight excluding hydrogens is 453 g/mol. The van der Waals surface area contributed by atoms with Gasteiger partial charge in [-0.1, -0.05) is 0 Å². The van der Waals surface area contributed by atoms with E-state index in [4.69, 9.17) is 0 Å². The van der Waals surface area contributed by atoms with Crippen molar-refractivity contribution in [2.45, 2.75) is 62.6 Å². The zero-order valence-electron chi connectivity index (χ0n) is 18.2. The Morgan fingerprint density at radius 1 is 1.21 bits per heavy atom. The predicted molar refractivity (Wildman–Crippen MR) is 116 cm³/mol. The number of aliphatic hydroxyl groups excluding tert-OH is 2. The summed E-state index contributed by atoms with van der Waals surface area (Å²) in [5.41, 5.74) is 0.163. The predicted octanol–water partition coefficient (Wildman–Crippen LogP) is 2.32. The summed E-state index contributed by atoms with van der Waals surface area (Å²) < 4.78 is 42.8. The van der Waals surface area contributed by atoms with E-state index < -0.39 is 53.9 Å². The van der Waals surface area contributed by atoms with Crippen molar-refractivity contribution in [3.8, 4) is 0 Å². The van der Waals surface area contributed by atoms with Crippen LogP contribution in [0.5, 0.6) is 0 Å². The van der Waals surface area contributed by atoms with Gasteiger partial charge in [-0.2, -0.15) is 5.10 Å². The molecule has 2 aliphatic carbocycles. The van der Waals surface area contributed by atoms with Crippen molar-refractivity contribution in [2.75, 3.05) is 11.9 Å². The van der Waals surface area contributed by atoms with Gasteiger partial charge >= 0.3 is 0 Å². The topological polar surface area (TPSA) is 127 Å². The van der Waals surface area contributed by atoms with Gasteiger partial charge in [0.25, 0.3) is 5.91 Å². The molecule has 3 aliphatic rings. The van der Waals surface area contributed by atoms with Crippen LogP contribution in [-0.2, 0) is 0 Å². The highest BCUT2D eigenvalue weighted by Gasteiger charge is 2.44. The van der Waals surface area contributed by atoms with E-state index in [1.807, 2.05) is 0 Å². The summed E-state index contributed by atoms with van der Waals surface area (Å²) in [6.07, 6.45) is 1.42. The molecule has 1 unspecified atom stereocenters. The normalized spacial score (nSPS) is 32.0. The summed E-state index contributed by atoms with van der Waals surface area (Å²) in [4.78, 5) is 23.0. The van der Waals surface area contributed by atoms with Gasteiger partial charge in [0, 0.05) is 24.8 Å². The molecule has 12 heteroatoms. The number of aromatic amines is 1. The minimum atomic E-state index is -1.38. The number of fused-ring (bicyclic) bond motifs is 1. The molecule has 1 saturated heterocycles. The van der Waals surface area contributed by atoms with Crippen LogP contribution in [0.4, 0.5) is 19.0 Å². The van der Waals surface area contributed by atoms with Crippen LogP contribution in [0.15, 0.2) is 30.1 Å². The number of anilines is 1. The molecule has 34 heavy (non-hydrogen) atoms. The largest absolute Gasteiger partial charge is 0.390 e. The van der Waals surface area contributed by atoms with Gasteiger partial charge in [0.05, 0.1) is 30.2 Å². The third-order valence-corrected chi connectivity index (χ3v) is 6.91. The van der Waals surface area contributed by atoms with Gasteiger partial charge in [-0.25, -0.2) is 23.1 Å². The van der Waals surface area contributed by atoms with Crippen molar-refractivity contribution < 1.29 is 28.2 Å². The second kappa shape index (κ2) is 8.99. The standard InChI is InChI=1S/C22H25F3N6O3/c23-10-4-5-13(25)12(6-10)15-7-11(24)8-31(15)22(34)18-17-20(26-9-27-21(17)30-29-18)28-14-2-1-3-16(32)19(14)33/h4-5,9,11-12,14-16,19,32-33H,1-3,6-8H2,(H2,26,27,28,29,30)/t11-,12?,14+,15+,16+,19-/m0/s1. The Bertz CT molecular complexity index is 1150. The van der Waals surface area contributed by atoms with Crippen molar-refractivity contribution in [1.29, 1.82) is 0 Å². The third kappa shape index (κ3) is 4.05. The lowest BCUT2D eigenvalue weighted by molar-refractivity contribution is -0.0161. The van der Waals surface area contributed by atoms with E-state index in [1.54, 1.807) is 0 Å². The molecule has 1 amide bonds. The van der Waals surface area contributed by atoms with Crippen LogP contribution in [-0.4, -0.2) is 78.2 Å². The van der Waals surface area contributed by atoms with Gasteiger partial charge in [-0.15, -0.1) is 0 Å². The highest BCUT2D eigenvalue weighted by Crippen LogP contribution is 2.38. The number of carbonyl (C=O) groups is 1. The van der Waals surface area contributed by atoms with Crippen molar-refractivity contribution in [1.82, 2.24) is 25.1 Å². The molecule has 9 nitrogen and oxygen atoms in total. The molecule has 0 aromatic carbocycles. The number of aliphatic hydroxyl groups is 2. The van der Waals surface area contributed by atoms with E-state index in [9.17, 15) is 28.2 Å². The second-order valence-electron chi connectivity index (χ2n) is 9.09. The Morgan fingerprint density at radius 2 is 2.03 bits per heavy atom. The van der Waals surface area contributed by atoms with Gasteiger partial charge in [-0.3, -0.25) is 9.89 Å². The van der Waals surface area contributed by atoms with E-state index in [2.05, 4.69) is 25.5 Å². The minimum absolute atomic E-state index is 0.0840. The van der Waals surface area contributed by atoms with Gasteiger partial charge < -0.3 is 20.4 Å². The first kappa shape index (κ1) is 22.8. The maximum Gasteiger partial charge on any atom is 0.275 e. The lowest BCUT2D eigenvalue weighted by Gasteiger charge is -2.33. The molecule has 0 bridgehead atoms. The van der Waals surface area contributed by atoms with Gasteiger partial charge in [0.1, 0.15) is 30.0 Å². The number of hydrogen-bond donors (Lipinski definition) is 4. The Kier molecular flexibility index (Phi) is 6.02. The molecule has 2 aromatic heterocycles. The van der Waals surface area contributed by atoms with Crippen molar-refractivity contribution >= 4 is 22.8 Å². The molecule has 5 rings (SSSR count). The maximum absolute atomic E-state index is 14.5. The zero-order valence-corrected chi connectivity index (χ0v) is 18.2. The fraction of sp³-hybridized carbons (Fsp3) is 0.545. The van der Waals surface area contributed by atoms with E-state index in [1.165, 1.54) is 11.2 Å². The number of allylic oxidation sites excluding steroid dienone is 3. The Balaban J connectivity index is 1.46. The average Bonchev–Trinajstić information content (AvgIpc) is 3.42. The monoisotopic (exact) mass is 478 g/mol. The number of halogens is 3. The first-order valence-electron chi connectivity index (χ1n) is 11.3. The van der Waals surface area contributed by atoms with Gasteiger partial charge in [0.15, 0.2) is 11.3 Å². The quantitative estimate of drug-likeness (QED) is 0.531. The second-order valence-corrected chi connectivity index (χ2v) is 9.09. The van der Waals surface area contributed by atoms with Crippen LogP contribution < -0.4 is 5.32 Å². The summed E-state index contributed by atoms with van der Waals surface area (Å²) in [6.45, 7) is -0.267. The number of nitrogens with one attached hydrogen (secondary N) is 2. The number of rotatable bonds is 4. The Hall–Kier alpha value is -2.99. The fourth-order valence-corrected chi connectivity index (χ4v) is 5.17. The summed E-state index contributed by atoms with van der Waals surface area (Å²) in [7, 11) is 0. The van der Waals surface area contributed by atoms with Crippen LogP contribution in [0.3, 0.4) is 0 Å². The van der Waals surface area contributed by atoms with Crippen molar-refractivity contribution in [3.05, 3.63) is 35.8 Å². The number of aromatic nitrogens is 4. The van der Waals surface area contributed by atoms with Crippen LogP contribution in [0.25, 0.3) is 11.0 Å².